The van der Waals surface area contributed by atoms with Crippen molar-refractivity contribution in [1.82, 2.24) is 9.88 Å². The molecule has 0 unspecified atom stereocenters. The number of carbonyl (C=O) groups excluding carboxylic acids is 2. The molecule has 1 aromatic heterocycles. The third-order valence-corrected chi connectivity index (χ3v) is 8.76. The first-order chi connectivity index (χ1) is 18.3. The van der Waals surface area contributed by atoms with Crippen molar-refractivity contribution in [2.45, 2.75) is 51.9 Å². The van der Waals surface area contributed by atoms with Crippen LogP contribution in [0, 0.1) is 17.2 Å². The fourth-order valence-electron chi connectivity index (χ4n) is 6.50. The van der Waals surface area contributed by atoms with Gasteiger partial charge in [-0.2, -0.15) is 5.26 Å². The first-order valence-electron chi connectivity index (χ1n) is 13.7. The minimum Gasteiger partial charge on any atom is -0.381 e. The van der Waals surface area contributed by atoms with E-state index in [1.807, 2.05) is 17.0 Å². The van der Waals surface area contributed by atoms with Gasteiger partial charge in [0.1, 0.15) is 0 Å². The van der Waals surface area contributed by atoms with Crippen LogP contribution in [0.4, 0.5) is 0 Å². The molecule has 3 aromatic rings. The van der Waals surface area contributed by atoms with E-state index in [-0.39, 0.29) is 17.6 Å². The van der Waals surface area contributed by atoms with Gasteiger partial charge in [0, 0.05) is 59.8 Å². The maximum atomic E-state index is 13.9. The first-order valence-corrected chi connectivity index (χ1v) is 13.7. The van der Waals surface area contributed by atoms with Gasteiger partial charge in [-0.1, -0.05) is 32.9 Å². The lowest BCUT2D eigenvalue weighted by atomic mass is 9.69. The summed E-state index contributed by atoms with van der Waals surface area (Å²) in [5, 5.41) is 10.2. The van der Waals surface area contributed by atoms with Gasteiger partial charge in [0.25, 0.3) is 0 Å². The smallest absolute Gasteiger partial charge is 0.226 e. The molecule has 0 saturated carbocycles. The number of rotatable bonds is 3. The number of hydrogen-bond donors (Lipinski definition) is 1. The molecule has 6 rings (SSSR count). The lowest BCUT2D eigenvalue weighted by Gasteiger charge is -2.35. The van der Waals surface area contributed by atoms with Crippen LogP contribution in [-0.4, -0.2) is 47.9 Å². The second-order valence-corrected chi connectivity index (χ2v) is 11.3. The predicted octanol–water partition coefficient (Wildman–Crippen LogP) is 5.51. The van der Waals surface area contributed by atoms with Crippen molar-refractivity contribution >= 4 is 28.2 Å². The fourth-order valence-corrected chi connectivity index (χ4v) is 6.50. The first kappa shape index (κ1) is 24.6. The monoisotopic (exact) mass is 507 g/mol. The number of hydrogen-bond acceptors (Lipinski definition) is 4. The van der Waals surface area contributed by atoms with Crippen molar-refractivity contribution in [2.24, 2.45) is 5.92 Å². The number of aryl methyl sites for hydroxylation is 1. The number of nitrogens with zero attached hydrogens (tertiary/aromatic N) is 2. The lowest BCUT2D eigenvalue weighted by Crippen LogP contribution is -2.40. The molecule has 1 N–H and O–H groups in total. The zero-order chi connectivity index (χ0) is 26.6. The summed E-state index contributed by atoms with van der Waals surface area (Å²) in [6.07, 6.45) is 5.46. The summed E-state index contributed by atoms with van der Waals surface area (Å²) in [5.41, 5.74) is 8.01. The third-order valence-electron chi connectivity index (χ3n) is 8.76. The number of carbonyl (C=O) groups is 2. The number of aromatic nitrogens is 1. The van der Waals surface area contributed by atoms with Gasteiger partial charge in [-0.25, -0.2) is 0 Å². The number of nitrogens with one attached hydrogen (secondary N) is 1. The van der Waals surface area contributed by atoms with Crippen LogP contribution >= 0.6 is 0 Å². The van der Waals surface area contributed by atoms with Crippen molar-refractivity contribution in [3.63, 3.8) is 0 Å². The third kappa shape index (κ3) is 3.80. The average molecular weight is 508 g/mol. The fraction of sp³-hybridized carbons (Fsp3) is 0.406. The Morgan fingerprint density at radius 1 is 1.18 bits per heavy atom. The van der Waals surface area contributed by atoms with E-state index in [2.05, 4.69) is 50.0 Å². The van der Waals surface area contributed by atoms with Gasteiger partial charge in [0.15, 0.2) is 5.78 Å². The van der Waals surface area contributed by atoms with Crippen LogP contribution in [-0.2, 0) is 21.4 Å². The van der Waals surface area contributed by atoms with Crippen molar-refractivity contribution in [1.29, 1.82) is 5.26 Å². The zero-order valence-corrected chi connectivity index (χ0v) is 22.3. The minimum atomic E-state index is -0.411. The molecule has 0 spiro atoms. The molecule has 3 aliphatic rings. The van der Waals surface area contributed by atoms with Crippen LogP contribution in [0.15, 0.2) is 36.4 Å². The summed E-state index contributed by atoms with van der Waals surface area (Å²) in [4.78, 5) is 32.4. The second-order valence-electron chi connectivity index (χ2n) is 11.3. The highest BCUT2D eigenvalue weighted by Crippen LogP contribution is 2.45. The highest BCUT2D eigenvalue weighted by atomic mass is 16.5. The number of H-pyrrole nitrogens is 1. The number of ether oxygens (including phenoxy) is 1. The molecule has 2 aliphatic heterocycles. The summed E-state index contributed by atoms with van der Waals surface area (Å²) in [7, 11) is 0. The van der Waals surface area contributed by atoms with Gasteiger partial charge >= 0.3 is 0 Å². The molecule has 194 valence electrons. The molecule has 0 bridgehead atoms. The molecular formula is C32H33N3O3. The van der Waals surface area contributed by atoms with E-state index in [0.29, 0.717) is 25.3 Å². The lowest BCUT2D eigenvalue weighted by molar-refractivity contribution is -0.138. The van der Waals surface area contributed by atoms with Gasteiger partial charge in [-0.3, -0.25) is 9.59 Å². The normalized spacial score (nSPS) is 19.1. The van der Waals surface area contributed by atoms with Crippen molar-refractivity contribution in [2.75, 3.05) is 26.3 Å². The average Bonchev–Trinajstić information content (AvgIpc) is 3.36. The molecule has 1 amide bonds. The highest BCUT2D eigenvalue weighted by Gasteiger charge is 2.40. The molecule has 0 radical (unpaired) electrons. The molecule has 6 heteroatoms. The number of benzene rings is 2. The Labute approximate surface area is 223 Å². The quantitative estimate of drug-likeness (QED) is 0.506. The Morgan fingerprint density at radius 3 is 2.66 bits per heavy atom. The summed E-state index contributed by atoms with van der Waals surface area (Å²) >= 11 is 0. The molecule has 1 aliphatic carbocycles. The Bertz CT molecular complexity index is 1550. The standard InChI is InChI=1S/C32H33N3O3/c1-4-20-16-25-26(17-24(20)21-7-11-35(12-8-21)31(37)22-9-13-38-14-10-22)32(2,3)30-28(29(25)36)23-6-5-19(18-33)15-27(23)34-30/h5-7,15-17,22,34H,4,8-14H2,1-3H3. The van der Waals surface area contributed by atoms with E-state index < -0.39 is 5.41 Å². The molecule has 38 heavy (non-hydrogen) atoms. The van der Waals surface area contributed by atoms with Crippen LogP contribution in [0.5, 0.6) is 0 Å². The molecule has 6 nitrogen and oxygen atoms in total. The Kier molecular flexibility index (Phi) is 6.00. The molecule has 1 saturated heterocycles. The summed E-state index contributed by atoms with van der Waals surface area (Å²) in [6.45, 7) is 9.15. The molecule has 2 aromatic carbocycles. The molecule has 0 atom stereocenters. The number of aromatic amines is 1. The summed E-state index contributed by atoms with van der Waals surface area (Å²) < 4.78 is 5.44. The van der Waals surface area contributed by atoms with Gasteiger partial charge < -0.3 is 14.6 Å². The van der Waals surface area contributed by atoms with E-state index in [9.17, 15) is 14.9 Å². The SMILES string of the molecule is CCc1cc2c(cc1C1=CCN(C(=O)C3CCOCC3)CC1)C(C)(C)c1[nH]c3cc(C#N)ccc3c1C2=O. The van der Waals surface area contributed by atoms with Crippen molar-refractivity contribution < 1.29 is 14.3 Å². The maximum absolute atomic E-state index is 13.9. The van der Waals surface area contributed by atoms with Crippen LogP contribution in [0.3, 0.4) is 0 Å². The second kappa shape index (κ2) is 9.25. The van der Waals surface area contributed by atoms with Gasteiger partial charge in [-0.05, 0) is 72.2 Å². The number of amides is 1. The van der Waals surface area contributed by atoms with Gasteiger partial charge in [-0.15, -0.1) is 0 Å². The molecular weight excluding hydrogens is 474 g/mol. The summed E-state index contributed by atoms with van der Waals surface area (Å²) in [5.74, 6) is 0.370. The predicted molar refractivity (Wildman–Crippen MR) is 147 cm³/mol. The van der Waals surface area contributed by atoms with Crippen LogP contribution in [0.1, 0.15) is 83.9 Å². The Balaban J connectivity index is 1.37. The van der Waals surface area contributed by atoms with E-state index in [1.54, 1.807) is 6.07 Å². The zero-order valence-electron chi connectivity index (χ0n) is 22.3. The highest BCUT2D eigenvalue weighted by molar-refractivity contribution is 6.20. The van der Waals surface area contributed by atoms with Gasteiger partial charge in [0.05, 0.1) is 17.2 Å². The number of nitriles is 1. The molecule has 1 fully saturated rings. The van der Waals surface area contributed by atoms with Crippen LogP contribution in [0.25, 0.3) is 16.5 Å². The number of fused-ring (bicyclic) bond motifs is 4. The van der Waals surface area contributed by atoms with E-state index in [0.717, 1.165) is 65.5 Å². The maximum Gasteiger partial charge on any atom is 0.226 e. The Morgan fingerprint density at radius 2 is 1.97 bits per heavy atom. The van der Waals surface area contributed by atoms with Crippen molar-refractivity contribution in [3.05, 3.63) is 75.5 Å². The topological polar surface area (TPSA) is 86.2 Å². The molecule has 3 heterocycles. The van der Waals surface area contributed by atoms with Crippen LogP contribution < -0.4 is 0 Å². The van der Waals surface area contributed by atoms with Crippen LogP contribution in [0.2, 0.25) is 0 Å². The largest absolute Gasteiger partial charge is 0.381 e. The van der Waals surface area contributed by atoms with E-state index in [4.69, 9.17) is 4.74 Å². The van der Waals surface area contributed by atoms with E-state index in [1.165, 1.54) is 16.7 Å². The van der Waals surface area contributed by atoms with Gasteiger partial charge in [0.2, 0.25) is 5.91 Å². The van der Waals surface area contributed by atoms with Crippen molar-refractivity contribution in [3.8, 4) is 6.07 Å². The summed E-state index contributed by atoms with van der Waals surface area (Å²) in [6, 6.07) is 12.0. The number of ketones is 1. The Hall–Kier alpha value is -3.69. The van der Waals surface area contributed by atoms with E-state index >= 15 is 0 Å². The minimum absolute atomic E-state index is 0.0392.